The lowest BCUT2D eigenvalue weighted by Crippen LogP contribution is -2.28. The first kappa shape index (κ1) is 24.6. The normalized spacial score (nSPS) is 14.3. The van der Waals surface area contributed by atoms with E-state index in [9.17, 15) is 8.42 Å². The smallest absolute Gasteiger partial charge is 0.175 e. The molecule has 0 aromatic heterocycles. The molecule has 0 spiro atoms. The van der Waals surface area contributed by atoms with Gasteiger partial charge in [-0.05, 0) is 66.0 Å². The van der Waals surface area contributed by atoms with Gasteiger partial charge in [0.05, 0.1) is 10.8 Å². The number of nitrogens with zero attached hydrogens (tertiary/aromatic N) is 2. The van der Waals surface area contributed by atoms with Crippen molar-refractivity contribution < 1.29 is 8.42 Å². The molecule has 0 amide bonds. The number of benzene rings is 2. The summed E-state index contributed by atoms with van der Waals surface area (Å²) < 4.78 is 23.4. The molecule has 0 saturated carbocycles. The molecular formula is C25H29ClN2O2S2. The molecular weight excluding hydrogens is 460 g/mol. The monoisotopic (exact) mass is 488 g/mol. The van der Waals surface area contributed by atoms with Gasteiger partial charge in [-0.25, -0.2) is 8.42 Å². The minimum absolute atomic E-state index is 0.343. The molecule has 0 unspecified atom stereocenters. The Labute approximate surface area is 201 Å². The van der Waals surface area contributed by atoms with Gasteiger partial charge in [0.25, 0.3) is 0 Å². The van der Waals surface area contributed by atoms with Crippen LogP contribution in [0, 0.1) is 0 Å². The number of thioether (sulfide) groups is 1. The lowest BCUT2D eigenvalue weighted by molar-refractivity contribution is 0.497. The molecule has 2 aromatic carbocycles. The van der Waals surface area contributed by atoms with E-state index in [-0.39, 0.29) is 0 Å². The second-order valence-corrected chi connectivity index (χ2v) is 11.4. The Morgan fingerprint density at radius 1 is 1.09 bits per heavy atom. The lowest BCUT2D eigenvalue weighted by Gasteiger charge is -2.24. The summed E-state index contributed by atoms with van der Waals surface area (Å²) in [5, 5.41) is 0.763. The molecule has 0 heterocycles. The van der Waals surface area contributed by atoms with Gasteiger partial charge in [-0.1, -0.05) is 54.1 Å². The number of hydrogen-bond donors (Lipinski definition) is 0. The first-order valence-corrected chi connectivity index (χ1v) is 14.0. The maximum Gasteiger partial charge on any atom is 0.175 e. The van der Waals surface area contributed by atoms with Gasteiger partial charge in [-0.3, -0.25) is 4.99 Å². The molecule has 0 fully saturated rings. The van der Waals surface area contributed by atoms with E-state index in [1.165, 1.54) is 17.4 Å². The average molecular weight is 489 g/mol. The number of likely N-dealkylation sites (N-methyl/N-ethyl adjacent to an activating group) is 1. The molecule has 0 N–H and O–H groups in total. The molecule has 0 bridgehead atoms. The van der Waals surface area contributed by atoms with Crippen LogP contribution in [0.2, 0.25) is 5.02 Å². The molecule has 0 atom stereocenters. The number of allylic oxidation sites excluding steroid dienone is 3. The second kappa shape index (κ2) is 11.7. The van der Waals surface area contributed by atoms with Gasteiger partial charge in [0.1, 0.15) is 5.84 Å². The predicted octanol–water partition coefficient (Wildman–Crippen LogP) is 5.78. The van der Waals surface area contributed by atoms with Crippen LogP contribution in [0.3, 0.4) is 0 Å². The van der Waals surface area contributed by atoms with Crippen molar-refractivity contribution in [1.82, 2.24) is 4.90 Å². The summed E-state index contributed by atoms with van der Waals surface area (Å²) in [5.41, 5.74) is 3.57. The molecule has 170 valence electrons. The highest BCUT2D eigenvalue weighted by Crippen LogP contribution is 2.19. The van der Waals surface area contributed by atoms with Gasteiger partial charge in [-0.15, -0.1) is 11.8 Å². The fourth-order valence-electron chi connectivity index (χ4n) is 3.46. The molecule has 0 saturated heterocycles. The van der Waals surface area contributed by atoms with Crippen molar-refractivity contribution in [3.8, 4) is 0 Å². The van der Waals surface area contributed by atoms with Crippen LogP contribution in [-0.2, 0) is 22.8 Å². The molecule has 32 heavy (non-hydrogen) atoms. The van der Waals surface area contributed by atoms with Crippen LogP contribution in [0.1, 0.15) is 24.0 Å². The summed E-state index contributed by atoms with van der Waals surface area (Å²) in [6.07, 6.45) is 10.6. The topological polar surface area (TPSA) is 49.7 Å². The van der Waals surface area contributed by atoms with Crippen molar-refractivity contribution in [2.75, 3.05) is 24.9 Å². The third-order valence-corrected chi connectivity index (χ3v) is 7.37. The van der Waals surface area contributed by atoms with Crippen molar-refractivity contribution in [2.24, 2.45) is 4.99 Å². The van der Waals surface area contributed by atoms with Gasteiger partial charge < -0.3 is 4.90 Å². The zero-order chi connectivity index (χ0) is 23.0. The number of aryl methyl sites for hydroxylation is 1. The zero-order valence-corrected chi connectivity index (χ0v) is 20.9. The van der Waals surface area contributed by atoms with E-state index < -0.39 is 9.84 Å². The fourth-order valence-corrected chi connectivity index (χ4v) is 4.94. The van der Waals surface area contributed by atoms with Crippen LogP contribution in [-0.4, -0.2) is 44.1 Å². The van der Waals surface area contributed by atoms with Crippen molar-refractivity contribution in [1.29, 1.82) is 0 Å². The number of aliphatic imine (C=N–C) groups is 1. The van der Waals surface area contributed by atoms with E-state index in [0.717, 1.165) is 41.4 Å². The predicted molar refractivity (Wildman–Crippen MR) is 137 cm³/mol. The minimum Gasteiger partial charge on any atom is -0.355 e. The molecule has 1 aliphatic rings. The van der Waals surface area contributed by atoms with Crippen LogP contribution in [0.5, 0.6) is 0 Å². The summed E-state index contributed by atoms with van der Waals surface area (Å²) in [5.74, 6) is 2.69. The van der Waals surface area contributed by atoms with Gasteiger partial charge in [0, 0.05) is 24.9 Å². The number of sulfone groups is 1. The number of rotatable bonds is 9. The van der Waals surface area contributed by atoms with E-state index in [4.69, 9.17) is 16.6 Å². The standard InChI is InChI=1S/C25H29ClN2O2S2/c1-28(18-21-10-14-24(15-11-21)32(2,29)30)25(22-6-4-3-5-7-22)27-19-31-17-16-20-8-12-23(26)13-9-20/h3-4,6,8-15H,5,7,16-19H2,1-2H3/b27-25-. The maximum atomic E-state index is 11.7. The molecule has 4 nitrogen and oxygen atoms in total. The Bertz CT molecular complexity index is 1090. The first-order chi connectivity index (χ1) is 15.3. The highest BCUT2D eigenvalue weighted by molar-refractivity contribution is 7.99. The SMILES string of the molecule is CN(Cc1ccc(S(C)(=O)=O)cc1)/C(=N\CSCCc1ccc(Cl)cc1)C1=CC=CCC1. The highest BCUT2D eigenvalue weighted by Gasteiger charge is 2.14. The molecule has 2 aromatic rings. The van der Waals surface area contributed by atoms with Crippen LogP contribution in [0.25, 0.3) is 0 Å². The Balaban J connectivity index is 1.63. The van der Waals surface area contributed by atoms with E-state index in [1.54, 1.807) is 12.1 Å². The summed E-state index contributed by atoms with van der Waals surface area (Å²) in [6.45, 7) is 0.666. The summed E-state index contributed by atoms with van der Waals surface area (Å²) in [6, 6.07) is 15.1. The molecule has 0 radical (unpaired) electrons. The number of amidine groups is 1. The van der Waals surface area contributed by atoms with Crippen molar-refractivity contribution in [3.63, 3.8) is 0 Å². The molecule has 7 heteroatoms. The molecule has 0 aliphatic heterocycles. The summed E-state index contributed by atoms with van der Waals surface area (Å²) in [7, 11) is -1.14. The Hall–Kier alpha value is -2.02. The van der Waals surface area contributed by atoms with Crippen LogP contribution < -0.4 is 0 Å². The number of halogens is 1. The molecule has 3 rings (SSSR count). The first-order valence-electron chi connectivity index (χ1n) is 10.6. The van der Waals surface area contributed by atoms with E-state index in [1.807, 2.05) is 43.1 Å². The summed E-state index contributed by atoms with van der Waals surface area (Å²) >= 11 is 7.77. The van der Waals surface area contributed by atoms with Crippen molar-refractivity contribution in [3.05, 3.63) is 88.5 Å². The molecule has 1 aliphatic carbocycles. The Kier molecular flexibility index (Phi) is 9.02. The van der Waals surface area contributed by atoms with Gasteiger partial charge in [-0.2, -0.15) is 0 Å². The quantitative estimate of drug-likeness (QED) is 0.255. The van der Waals surface area contributed by atoms with Gasteiger partial charge in [0.15, 0.2) is 9.84 Å². The Morgan fingerprint density at radius 2 is 1.78 bits per heavy atom. The number of hydrogen-bond acceptors (Lipinski definition) is 4. The van der Waals surface area contributed by atoms with Crippen molar-refractivity contribution >= 4 is 39.0 Å². The largest absolute Gasteiger partial charge is 0.355 e. The second-order valence-electron chi connectivity index (χ2n) is 7.83. The van der Waals surface area contributed by atoms with E-state index in [0.29, 0.717) is 17.3 Å². The Morgan fingerprint density at radius 3 is 2.41 bits per heavy atom. The summed E-state index contributed by atoms with van der Waals surface area (Å²) in [4.78, 5) is 7.43. The average Bonchev–Trinajstić information content (AvgIpc) is 2.77. The third kappa shape index (κ3) is 7.54. The van der Waals surface area contributed by atoms with Crippen LogP contribution >= 0.6 is 23.4 Å². The highest BCUT2D eigenvalue weighted by atomic mass is 35.5. The van der Waals surface area contributed by atoms with Crippen LogP contribution in [0.15, 0.2) is 82.2 Å². The lowest BCUT2D eigenvalue weighted by atomic mass is 10.0. The third-order valence-electron chi connectivity index (χ3n) is 5.19. The fraction of sp³-hybridized carbons (Fsp3) is 0.320. The van der Waals surface area contributed by atoms with Gasteiger partial charge in [0.2, 0.25) is 0 Å². The van der Waals surface area contributed by atoms with E-state index in [2.05, 4.69) is 35.3 Å². The zero-order valence-electron chi connectivity index (χ0n) is 18.5. The minimum atomic E-state index is -3.18. The maximum absolute atomic E-state index is 11.7. The van der Waals surface area contributed by atoms with E-state index >= 15 is 0 Å². The van der Waals surface area contributed by atoms with Gasteiger partial charge >= 0.3 is 0 Å². The van der Waals surface area contributed by atoms with Crippen LogP contribution in [0.4, 0.5) is 0 Å². The van der Waals surface area contributed by atoms with Crippen molar-refractivity contribution in [2.45, 2.75) is 30.7 Å².